The highest BCUT2D eigenvalue weighted by molar-refractivity contribution is 5.95. The van der Waals surface area contributed by atoms with Crippen LogP contribution in [0.5, 0.6) is 0 Å². The predicted molar refractivity (Wildman–Crippen MR) is 96.4 cm³/mol. The van der Waals surface area contributed by atoms with Gasteiger partial charge in [-0.15, -0.1) is 5.10 Å². The average Bonchev–Trinajstić information content (AvgIpc) is 3.14. The molecule has 0 saturated heterocycles. The molecule has 2 amide bonds. The number of tetrazole rings is 1. The lowest BCUT2D eigenvalue weighted by Gasteiger charge is -2.17. The van der Waals surface area contributed by atoms with Crippen LogP contribution in [0.1, 0.15) is 18.5 Å². The zero-order valence-electron chi connectivity index (χ0n) is 14.2. The van der Waals surface area contributed by atoms with Crippen molar-refractivity contribution in [2.75, 3.05) is 10.6 Å². The van der Waals surface area contributed by atoms with Crippen molar-refractivity contribution < 1.29 is 9.59 Å². The molecule has 3 rings (SSSR count). The quantitative estimate of drug-likeness (QED) is 0.708. The number of anilines is 2. The highest BCUT2D eigenvalue weighted by Gasteiger charge is 2.22. The molecular formula is C18H18N6O2. The number of hydrogen-bond acceptors (Lipinski definition) is 5. The molecule has 8 heteroatoms. The summed E-state index contributed by atoms with van der Waals surface area (Å²) in [5, 5.41) is 16.7. The molecule has 2 aromatic carbocycles. The Hall–Kier alpha value is -3.55. The van der Waals surface area contributed by atoms with Gasteiger partial charge in [0.15, 0.2) is 0 Å². The summed E-state index contributed by atoms with van der Waals surface area (Å²) in [4.78, 5) is 24.0. The van der Waals surface area contributed by atoms with Crippen LogP contribution in [0.3, 0.4) is 0 Å². The molecule has 132 valence electrons. The standard InChI is InChI=1S/C18H18N6O2/c1-13(25)20-15-8-5-9-16(11-15)21-18(26)17(24-12-19-22-23-24)10-14-6-3-2-4-7-14/h2-9,11-12,17H,10H2,1H3,(H,20,25)(H,21,26). The number of aromatic nitrogens is 4. The molecule has 0 aliphatic carbocycles. The van der Waals surface area contributed by atoms with Gasteiger partial charge in [0.2, 0.25) is 11.8 Å². The van der Waals surface area contributed by atoms with E-state index in [1.165, 1.54) is 17.9 Å². The molecule has 0 radical (unpaired) electrons. The van der Waals surface area contributed by atoms with Crippen molar-refractivity contribution in [2.24, 2.45) is 0 Å². The summed E-state index contributed by atoms with van der Waals surface area (Å²) in [7, 11) is 0. The predicted octanol–water partition coefficient (Wildman–Crippen LogP) is 2.05. The molecule has 0 spiro atoms. The minimum absolute atomic E-state index is 0.177. The molecule has 3 aromatic rings. The van der Waals surface area contributed by atoms with Crippen LogP contribution in [0.25, 0.3) is 0 Å². The van der Waals surface area contributed by atoms with E-state index in [0.29, 0.717) is 17.8 Å². The lowest BCUT2D eigenvalue weighted by atomic mass is 10.1. The number of nitrogens with one attached hydrogen (secondary N) is 2. The lowest BCUT2D eigenvalue weighted by molar-refractivity contribution is -0.119. The van der Waals surface area contributed by atoms with Crippen LogP contribution in [0.4, 0.5) is 11.4 Å². The number of nitrogens with zero attached hydrogens (tertiary/aromatic N) is 4. The smallest absolute Gasteiger partial charge is 0.249 e. The van der Waals surface area contributed by atoms with Crippen LogP contribution < -0.4 is 10.6 Å². The monoisotopic (exact) mass is 350 g/mol. The van der Waals surface area contributed by atoms with E-state index in [1.807, 2.05) is 30.3 Å². The summed E-state index contributed by atoms with van der Waals surface area (Å²) in [6.45, 7) is 1.43. The second-order valence-electron chi connectivity index (χ2n) is 5.75. The minimum atomic E-state index is -0.600. The van der Waals surface area contributed by atoms with Crippen LogP contribution in [-0.2, 0) is 16.0 Å². The second kappa shape index (κ2) is 8.02. The minimum Gasteiger partial charge on any atom is -0.326 e. The van der Waals surface area contributed by atoms with Crippen LogP contribution in [-0.4, -0.2) is 32.0 Å². The molecule has 1 heterocycles. The SMILES string of the molecule is CC(=O)Nc1cccc(NC(=O)C(Cc2ccccc2)n2cnnn2)c1. The fourth-order valence-corrected chi connectivity index (χ4v) is 2.56. The molecular weight excluding hydrogens is 332 g/mol. The number of amides is 2. The van der Waals surface area contributed by atoms with E-state index in [2.05, 4.69) is 26.2 Å². The number of hydrogen-bond donors (Lipinski definition) is 2. The van der Waals surface area contributed by atoms with Gasteiger partial charge >= 0.3 is 0 Å². The maximum Gasteiger partial charge on any atom is 0.249 e. The first-order valence-corrected chi connectivity index (χ1v) is 8.07. The third-order valence-electron chi connectivity index (χ3n) is 3.71. The van der Waals surface area contributed by atoms with E-state index in [-0.39, 0.29) is 11.8 Å². The Morgan fingerprint density at radius 2 is 1.77 bits per heavy atom. The molecule has 0 aliphatic heterocycles. The summed E-state index contributed by atoms with van der Waals surface area (Å²) in [6, 6.07) is 16.0. The number of rotatable bonds is 6. The van der Waals surface area contributed by atoms with E-state index in [1.54, 1.807) is 24.3 Å². The van der Waals surface area contributed by atoms with E-state index in [9.17, 15) is 9.59 Å². The van der Waals surface area contributed by atoms with Crippen molar-refractivity contribution in [3.05, 3.63) is 66.5 Å². The van der Waals surface area contributed by atoms with E-state index in [0.717, 1.165) is 5.56 Å². The number of carbonyl (C=O) groups excluding carboxylic acids is 2. The van der Waals surface area contributed by atoms with Gasteiger partial charge in [-0.05, 0) is 34.2 Å². The third kappa shape index (κ3) is 4.50. The highest BCUT2D eigenvalue weighted by atomic mass is 16.2. The Morgan fingerprint density at radius 3 is 2.42 bits per heavy atom. The molecule has 1 unspecified atom stereocenters. The first kappa shape index (κ1) is 17.3. The normalized spacial score (nSPS) is 11.6. The number of benzene rings is 2. The van der Waals surface area contributed by atoms with Crippen LogP contribution in [0, 0.1) is 0 Å². The Bertz CT molecular complexity index is 880. The van der Waals surface area contributed by atoms with Gasteiger partial charge < -0.3 is 10.6 Å². The van der Waals surface area contributed by atoms with Gasteiger partial charge in [-0.1, -0.05) is 36.4 Å². The van der Waals surface area contributed by atoms with E-state index in [4.69, 9.17) is 0 Å². The molecule has 0 aliphatic rings. The lowest BCUT2D eigenvalue weighted by Crippen LogP contribution is -2.28. The molecule has 1 aromatic heterocycles. The Balaban J connectivity index is 1.79. The first-order valence-electron chi connectivity index (χ1n) is 8.07. The first-order chi connectivity index (χ1) is 12.6. The maximum atomic E-state index is 12.8. The van der Waals surface area contributed by atoms with Gasteiger partial charge in [0.25, 0.3) is 0 Å². The van der Waals surface area contributed by atoms with Crippen LogP contribution >= 0.6 is 0 Å². The molecule has 0 fully saturated rings. The van der Waals surface area contributed by atoms with E-state index >= 15 is 0 Å². The van der Waals surface area contributed by atoms with Crippen molar-refractivity contribution in [3.8, 4) is 0 Å². The van der Waals surface area contributed by atoms with E-state index < -0.39 is 6.04 Å². The largest absolute Gasteiger partial charge is 0.326 e. The van der Waals surface area contributed by atoms with Gasteiger partial charge in [0.1, 0.15) is 12.4 Å². The van der Waals surface area contributed by atoms with Gasteiger partial charge in [-0.3, -0.25) is 9.59 Å². The van der Waals surface area contributed by atoms with Gasteiger partial charge in [0, 0.05) is 24.7 Å². The average molecular weight is 350 g/mol. The summed E-state index contributed by atoms with van der Waals surface area (Å²) >= 11 is 0. The summed E-state index contributed by atoms with van der Waals surface area (Å²) < 4.78 is 1.43. The van der Waals surface area contributed by atoms with Crippen LogP contribution in [0.2, 0.25) is 0 Å². The Kier molecular flexibility index (Phi) is 5.33. The zero-order chi connectivity index (χ0) is 18.4. The van der Waals surface area contributed by atoms with Gasteiger partial charge in [0.05, 0.1) is 0 Å². The summed E-state index contributed by atoms with van der Waals surface area (Å²) in [6.07, 6.45) is 1.87. The fourth-order valence-electron chi connectivity index (χ4n) is 2.56. The number of carbonyl (C=O) groups is 2. The van der Waals surface area contributed by atoms with Crippen molar-refractivity contribution in [1.82, 2.24) is 20.2 Å². The molecule has 2 N–H and O–H groups in total. The fraction of sp³-hybridized carbons (Fsp3) is 0.167. The Morgan fingerprint density at radius 1 is 1.04 bits per heavy atom. The van der Waals surface area contributed by atoms with Crippen molar-refractivity contribution in [3.63, 3.8) is 0 Å². The molecule has 8 nitrogen and oxygen atoms in total. The molecule has 0 saturated carbocycles. The second-order valence-corrected chi connectivity index (χ2v) is 5.75. The van der Waals surface area contributed by atoms with Crippen molar-refractivity contribution in [2.45, 2.75) is 19.4 Å². The van der Waals surface area contributed by atoms with Gasteiger partial charge in [-0.25, -0.2) is 4.68 Å². The molecule has 0 bridgehead atoms. The summed E-state index contributed by atoms with van der Waals surface area (Å²) in [5.74, 6) is -0.426. The highest BCUT2D eigenvalue weighted by Crippen LogP contribution is 2.19. The van der Waals surface area contributed by atoms with Crippen molar-refractivity contribution in [1.29, 1.82) is 0 Å². The zero-order valence-corrected chi connectivity index (χ0v) is 14.2. The molecule has 1 atom stereocenters. The summed E-state index contributed by atoms with van der Waals surface area (Å²) in [5.41, 5.74) is 2.18. The van der Waals surface area contributed by atoms with Crippen LogP contribution in [0.15, 0.2) is 60.9 Å². The third-order valence-corrected chi connectivity index (χ3v) is 3.71. The maximum absolute atomic E-state index is 12.8. The Labute approximate surface area is 150 Å². The van der Waals surface area contributed by atoms with Crippen molar-refractivity contribution >= 4 is 23.2 Å². The van der Waals surface area contributed by atoms with Gasteiger partial charge in [-0.2, -0.15) is 0 Å². The molecule has 26 heavy (non-hydrogen) atoms. The topological polar surface area (TPSA) is 102 Å².